The summed E-state index contributed by atoms with van der Waals surface area (Å²) in [5.74, 6) is 1.12. The van der Waals surface area contributed by atoms with Gasteiger partial charge in [-0.15, -0.1) is 0 Å². The Morgan fingerprint density at radius 2 is 1.94 bits per heavy atom. The summed E-state index contributed by atoms with van der Waals surface area (Å²) >= 11 is 0. The molecule has 92 valence electrons. The van der Waals surface area contributed by atoms with Crippen LogP contribution in [0, 0.1) is 17.3 Å². The Kier molecular flexibility index (Phi) is 2.94. The lowest BCUT2D eigenvalue weighted by atomic mass is 9.53. The standard InChI is InChI=1S/C15H26O/c1-11(2)12-6-9-14(3)7-5-8-15(4,16)13(14)10-12/h12-13,16H,1,5-10H2,2-4H3/t12-,13-,14+,15-/m0/s1. The van der Waals surface area contributed by atoms with E-state index in [-0.39, 0.29) is 0 Å². The molecule has 1 N–H and O–H groups in total. The number of hydrogen-bond acceptors (Lipinski definition) is 1. The molecule has 0 aromatic carbocycles. The Balaban J connectivity index is 2.21. The van der Waals surface area contributed by atoms with Gasteiger partial charge in [0.05, 0.1) is 5.60 Å². The summed E-state index contributed by atoms with van der Waals surface area (Å²) in [5.41, 5.74) is 1.25. The van der Waals surface area contributed by atoms with E-state index in [1.165, 1.54) is 31.3 Å². The van der Waals surface area contributed by atoms with Crippen molar-refractivity contribution in [2.75, 3.05) is 0 Å². The van der Waals surface area contributed by atoms with Crippen LogP contribution in [0.25, 0.3) is 0 Å². The third-order valence-corrected chi connectivity index (χ3v) is 5.30. The zero-order valence-corrected chi connectivity index (χ0v) is 11.1. The van der Waals surface area contributed by atoms with Crippen molar-refractivity contribution >= 4 is 0 Å². The first-order chi connectivity index (χ1) is 7.35. The van der Waals surface area contributed by atoms with Crippen molar-refractivity contribution in [3.05, 3.63) is 12.2 Å². The molecule has 2 fully saturated rings. The maximum Gasteiger partial charge on any atom is 0.0653 e. The van der Waals surface area contributed by atoms with Crippen LogP contribution in [0.2, 0.25) is 0 Å². The SMILES string of the molecule is C=C(C)[C@H]1CC[C@@]2(C)CCC[C@](C)(O)[C@H]2C1. The van der Waals surface area contributed by atoms with Gasteiger partial charge >= 0.3 is 0 Å². The van der Waals surface area contributed by atoms with E-state index in [9.17, 15) is 5.11 Å². The molecule has 0 aromatic heterocycles. The molecular weight excluding hydrogens is 196 g/mol. The van der Waals surface area contributed by atoms with E-state index in [2.05, 4.69) is 27.4 Å². The Bertz CT molecular complexity index is 292. The molecule has 16 heavy (non-hydrogen) atoms. The minimum absolute atomic E-state index is 0.383. The molecule has 2 aliphatic carbocycles. The normalized spacial score (nSPS) is 48.5. The van der Waals surface area contributed by atoms with Crippen LogP contribution >= 0.6 is 0 Å². The van der Waals surface area contributed by atoms with Crippen LogP contribution in [0.1, 0.15) is 59.3 Å². The molecule has 2 rings (SSSR count). The van der Waals surface area contributed by atoms with E-state index in [0.717, 1.165) is 12.8 Å². The maximum atomic E-state index is 10.6. The molecule has 1 heteroatoms. The van der Waals surface area contributed by atoms with E-state index < -0.39 is 5.60 Å². The molecule has 0 unspecified atom stereocenters. The number of hydrogen-bond donors (Lipinski definition) is 1. The quantitative estimate of drug-likeness (QED) is 0.667. The second kappa shape index (κ2) is 3.87. The minimum Gasteiger partial charge on any atom is -0.390 e. The van der Waals surface area contributed by atoms with Crippen LogP contribution in [-0.4, -0.2) is 10.7 Å². The lowest BCUT2D eigenvalue weighted by Gasteiger charge is -2.54. The molecule has 0 heterocycles. The highest BCUT2D eigenvalue weighted by Crippen LogP contribution is 2.56. The van der Waals surface area contributed by atoms with Crippen molar-refractivity contribution < 1.29 is 5.11 Å². The van der Waals surface area contributed by atoms with Gasteiger partial charge in [-0.05, 0) is 63.2 Å². The summed E-state index contributed by atoms with van der Waals surface area (Å²) < 4.78 is 0. The van der Waals surface area contributed by atoms with Gasteiger partial charge in [0.1, 0.15) is 0 Å². The van der Waals surface area contributed by atoms with Crippen LogP contribution in [0.15, 0.2) is 12.2 Å². The lowest BCUT2D eigenvalue weighted by Crippen LogP contribution is -2.51. The summed E-state index contributed by atoms with van der Waals surface area (Å²) in [6, 6.07) is 0. The molecular formula is C15H26O. The number of fused-ring (bicyclic) bond motifs is 1. The van der Waals surface area contributed by atoms with E-state index in [4.69, 9.17) is 0 Å². The van der Waals surface area contributed by atoms with Gasteiger partial charge in [0.15, 0.2) is 0 Å². The van der Waals surface area contributed by atoms with Gasteiger partial charge in [-0.2, -0.15) is 0 Å². The molecule has 0 aromatic rings. The minimum atomic E-state index is -0.443. The second-order valence-electron chi connectivity index (χ2n) is 6.73. The summed E-state index contributed by atoms with van der Waals surface area (Å²) in [4.78, 5) is 0. The molecule has 0 aliphatic heterocycles. The van der Waals surface area contributed by atoms with Crippen LogP contribution in [0.3, 0.4) is 0 Å². The van der Waals surface area contributed by atoms with Gasteiger partial charge in [-0.3, -0.25) is 0 Å². The predicted molar refractivity (Wildman–Crippen MR) is 68.2 cm³/mol. The van der Waals surface area contributed by atoms with Gasteiger partial charge in [0, 0.05) is 0 Å². The largest absolute Gasteiger partial charge is 0.390 e. The summed E-state index contributed by atoms with van der Waals surface area (Å²) in [6.45, 7) is 10.7. The molecule has 1 nitrogen and oxygen atoms in total. The summed E-state index contributed by atoms with van der Waals surface area (Å²) in [7, 11) is 0. The van der Waals surface area contributed by atoms with Crippen molar-refractivity contribution in [2.45, 2.75) is 64.9 Å². The molecule has 0 bridgehead atoms. The highest BCUT2D eigenvalue weighted by molar-refractivity contribution is 5.07. The fraction of sp³-hybridized carbons (Fsp3) is 0.867. The molecule has 0 spiro atoms. The third kappa shape index (κ3) is 1.95. The van der Waals surface area contributed by atoms with Gasteiger partial charge < -0.3 is 5.11 Å². The van der Waals surface area contributed by atoms with E-state index >= 15 is 0 Å². The third-order valence-electron chi connectivity index (χ3n) is 5.30. The van der Waals surface area contributed by atoms with Crippen molar-refractivity contribution in [3.63, 3.8) is 0 Å². The fourth-order valence-corrected chi connectivity index (χ4v) is 4.14. The lowest BCUT2D eigenvalue weighted by molar-refractivity contribution is -0.120. The summed E-state index contributed by atoms with van der Waals surface area (Å²) in [6.07, 6.45) is 7.17. The Hall–Kier alpha value is -0.300. The molecule has 2 saturated carbocycles. The van der Waals surface area contributed by atoms with E-state index in [1.807, 2.05) is 0 Å². The van der Waals surface area contributed by atoms with Crippen LogP contribution in [-0.2, 0) is 0 Å². The predicted octanol–water partition coefficient (Wildman–Crippen LogP) is 3.92. The first-order valence-corrected chi connectivity index (χ1v) is 6.73. The highest BCUT2D eigenvalue weighted by atomic mass is 16.3. The van der Waals surface area contributed by atoms with E-state index in [0.29, 0.717) is 17.3 Å². The summed E-state index contributed by atoms with van der Waals surface area (Å²) in [5, 5.41) is 10.6. The van der Waals surface area contributed by atoms with Gasteiger partial charge in [0.2, 0.25) is 0 Å². The fourth-order valence-electron chi connectivity index (χ4n) is 4.14. The van der Waals surface area contributed by atoms with Crippen molar-refractivity contribution in [1.29, 1.82) is 0 Å². The molecule has 4 atom stereocenters. The smallest absolute Gasteiger partial charge is 0.0653 e. The second-order valence-corrected chi connectivity index (χ2v) is 6.73. The van der Waals surface area contributed by atoms with Crippen LogP contribution in [0.4, 0.5) is 0 Å². The average Bonchev–Trinajstić information content (AvgIpc) is 2.15. The monoisotopic (exact) mass is 222 g/mol. The molecule has 0 amide bonds. The molecule has 0 radical (unpaired) electrons. The first-order valence-electron chi connectivity index (χ1n) is 6.73. The van der Waals surface area contributed by atoms with Crippen molar-refractivity contribution in [3.8, 4) is 0 Å². The maximum absolute atomic E-state index is 10.6. The average molecular weight is 222 g/mol. The zero-order valence-electron chi connectivity index (χ0n) is 11.1. The van der Waals surface area contributed by atoms with Gasteiger partial charge in [-0.25, -0.2) is 0 Å². The first kappa shape index (κ1) is 12.2. The van der Waals surface area contributed by atoms with Crippen molar-refractivity contribution in [1.82, 2.24) is 0 Å². The van der Waals surface area contributed by atoms with Crippen LogP contribution in [0.5, 0.6) is 0 Å². The zero-order chi connectivity index (χ0) is 12.0. The topological polar surface area (TPSA) is 20.2 Å². The Morgan fingerprint density at radius 1 is 1.25 bits per heavy atom. The number of allylic oxidation sites excluding steroid dienone is 1. The molecule has 0 saturated heterocycles. The van der Waals surface area contributed by atoms with Gasteiger partial charge in [0.25, 0.3) is 0 Å². The number of rotatable bonds is 1. The van der Waals surface area contributed by atoms with Gasteiger partial charge in [-0.1, -0.05) is 25.5 Å². The highest BCUT2D eigenvalue weighted by Gasteiger charge is 2.50. The number of aliphatic hydroxyl groups is 1. The molecule has 2 aliphatic rings. The van der Waals surface area contributed by atoms with Crippen molar-refractivity contribution in [2.24, 2.45) is 17.3 Å². The van der Waals surface area contributed by atoms with E-state index in [1.54, 1.807) is 0 Å². The Labute approximate surface area is 99.9 Å². The Morgan fingerprint density at radius 3 is 2.56 bits per heavy atom. The van der Waals surface area contributed by atoms with Crippen LogP contribution < -0.4 is 0 Å².